The molecule has 21 heavy (non-hydrogen) atoms. The largest absolute Gasteiger partial charge is 0.301 e. The Bertz CT molecular complexity index is 617. The number of nitrogens with zero attached hydrogens (tertiary/aromatic N) is 1. The lowest BCUT2D eigenvalue weighted by Gasteiger charge is -2.20. The number of rotatable bonds is 5. The highest BCUT2D eigenvalue weighted by Crippen LogP contribution is 2.32. The molecule has 0 radical (unpaired) electrons. The first-order valence-electron chi connectivity index (χ1n) is 7.34. The second-order valence-corrected chi connectivity index (χ2v) is 6.79. The summed E-state index contributed by atoms with van der Waals surface area (Å²) in [6, 6.07) is 10.1. The van der Waals surface area contributed by atoms with Gasteiger partial charge in [0, 0.05) is 15.9 Å². The highest BCUT2D eigenvalue weighted by molar-refractivity contribution is 7.16. The number of nitrogens with one attached hydrogen (secondary N) is 1. The van der Waals surface area contributed by atoms with Gasteiger partial charge in [-0.1, -0.05) is 58.0 Å². The van der Waals surface area contributed by atoms with E-state index in [-0.39, 0.29) is 11.3 Å². The number of anilines is 1. The van der Waals surface area contributed by atoms with E-state index in [0.29, 0.717) is 5.13 Å². The Hall–Kier alpha value is -1.68. The van der Waals surface area contributed by atoms with Crippen molar-refractivity contribution in [3.05, 3.63) is 35.2 Å². The summed E-state index contributed by atoms with van der Waals surface area (Å²) in [6.45, 7) is 8.04. The summed E-state index contributed by atoms with van der Waals surface area (Å²) in [4.78, 5) is 18.1. The fourth-order valence-corrected chi connectivity index (χ4v) is 2.81. The van der Waals surface area contributed by atoms with E-state index < -0.39 is 0 Å². The fourth-order valence-electron chi connectivity index (χ4n) is 1.89. The smallest absolute Gasteiger partial charge is 0.231 e. The van der Waals surface area contributed by atoms with Crippen molar-refractivity contribution in [1.82, 2.24) is 4.98 Å². The van der Waals surface area contributed by atoms with E-state index in [9.17, 15) is 4.79 Å². The molecule has 1 amide bonds. The Morgan fingerprint density at radius 1 is 1.24 bits per heavy atom. The second-order valence-electron chi connectivity index (χ2n) is 5.70. The molecule has 0 unspecified atom stereocenters. The number of aromatic nitrogens is 1. The summed E-state index contributed by atoms with van der Waals surface area (Å²) in [5.74, 6) is 0.0287. The molecular weight excluding hydrogens is 280 g/mol. The van der Waals surface area contributed by atoms with Crippen LogP contribution in [0, 0.1) is 5.41 Å². The first kappa shape index (κ1) is 15.7. The lowest BCUT2D eigenvalue weighted by molar-refractivity contribution is -0.124. The van der Waals surface area contributed by atoms with Gasteiger partial charge >= 0.3 is 0 Å². The third-order valence-corrected chi connectivity index (χ3v) is 4.90. The zero-order chi connectivity index (χ0) is 15.5. The van der Waals surface area contributed by atoms with Crippen molar-refractivity contribution < 1.29 is 4.79 Å². The Labute approximate surface area is 130 Å². The van der Waals surface area contributed by atoms with Crippen LogP contribution in [0.1, 0.15) is 39.0 Å². The van der Waals surface area contributed by atoms with E-state index in [4.69, 9.17) is 0 Å². The van der Waals surface area contributed by atoms with Crippen molar-refractivity contribution in [2.75, 3.05) is 5.32 Å². The lowest BCUT2D eigenvalue weighted by atomic mass is 9.89. The van der Waals surface area contributed by atoms with Crippen LogP contribution < -0.4 is 5.32 Å². The standard InChI is InChI=1S/C17H22N2OS/c1-5-13-14(12-10-8-7-9-11-12)18-16(21-13)19-15(20)17(3,4)6-2/h7-11H,5-6H2,1-4H3,(H,18,19,20). The summed E-state index contributed by atoms with van der Waals surface area (Å²) in [5, 5.41) is 3.66. The van der Waals surface area contributed by atoms with Gasteiger partial charge in [0.15, 0.2) is 5.13 Å². The van der Waals surface area contributed by atoms with E-state index in [1.54, 1.807) is 11.3 Å². The Kier molecular flexibility index (Phi) is 4.78. The van der Waals surface area contributed by atoms with Crippen molar-refractivity contribution in [3.8, 4) is 11.3 Å². The van der Waals surface area contributed by atoms with Gasteiger partial charge in [0.2, 0.25) is 5.91 Å². The molecular formula is C17H22N2OS. The molecule has 0 aliphatic heterocycles. The van der Waals surface area contributed by atoms with E-state index in [2.05, 4.69) is 29.4 Å². The van der Waals surface area contributed by atoms with Gasteiger partial charge in [-0.05, 0) is 12.8 Å². The molecule has 0 fully saturated rings. The third kappa shape index (κ3) is 3.50. The number of carbonyl (C=O) groups excluding carboxylic acids is 1. The number of amides is 1. The molecule has 2 aromatic rings. The first-order valence-corrected chi connectivity index (χ1v) is 8.16. The molecule has 0 bridgehead atoms. The summed E-state index contributed by atoms with van der Waals surface area (Å²) >= 11 is 1.57. The average molecular weight is 302 g/mol. The molecule has 1 aromatic heterocycles. The molecule has 1 heterocycles. The van der Waals surface area contributed by atoms with Crippen LogP contribution in [0.5, 0.6) is 0 Å². The third-order valence-electron chi connectivity index (χ3n) is 3.78. The first-order chi connectivity index (χ1) is 9.97. The molecule has 0 saturated carbocycles. The molecule has 2 rings (SSSR count). The van der Waals surface area contributed by atoms with Crippen LogP contribution in [-0.2, 0) is 11.2 Å². The topological polar surface area (TPSA) is 42.0 Å². The quantitative estimate of drug-likeness (QED) is 0.866. The number of thiazole rings is 1. The van der Waals surface area contributed by atoms with Crippen LogP contribution in [0.3, 0.4) is 0 Å². The molecule has 0 aliphatic rings. The Morgan fingerprint density at radius 3 is 2.48 bits per heavy atom. The molecule has 1 N–H and O–H groups in total. The maximum Gasteiger partial charge on any atom is 0.231 e. The summed E-state index contributed by atoms with van der Waals surface area (Å²) in [6.07, 6.45) is 1.71. The minimum atomic E-state index is -0.370. The van der Waals surface area contributed by atoms with E-state index >= 15 is 0 Å². The highest BCUT2D eigenvalue weighted by atomic mass is 32.1. The average Bonchev–Trinajstić information content (AvgIpc) is 2.91. The van der Waals surface area contributed by atoms with Crippen molar-refractivity contribution >= 4 is 22.4 Å². The number of aryl methyl sites for hydroxylation is 1. The second kappa shape index (κ2) is 6.39. The molecule has 0 atom stereocenters. The predicted octanol–water partition coefficient (Wildman–Crippen LogP) is 4.75. The maximum absolute atomic E-state index is 12.3. The summed E-state index contributed by atoms with van der Waals surface area (Å²) in [5.41, 5.74) is 1.71. The number of hydrogen-bond donors (Lipinski definition) is 1. The molecule has 4 heteroatoms. The van der Waals surface area contributed by atoms with Crippen molar-refractivity contribution in [3.63, 3.8) is 0 Å². The van der Waals surface area contributed by atoms with E-state index in [1.807, 2.05) is 39.0 Å². The van der Waals surface area contributed by atoms with Crippen molar-refractivity contribution in [1.29, 1.82) is 0 Å². The molecule has 0 aliphatic carbocycles. The number of carbonyl (C=O) groups is 1. The Morgan fingerprint density at radius 2 is 1.90 bits per heavy atom. The van der Waals surface area contributed by atoms with E-state index in [0.717, 1.165) is 24.1 Å². The fraction of sp³-hybridized carbons (Fsp3) is 0.412. The van der Waals surface area contributed by atoms with Gasteiger partial charge in [0.05, 0.1) is 5.69 Å². The van der Waals surface area contributed by atoms with Gasteiger partial charge in [-0.3, -0.25) is 4.79 Å². The molecule has 0 saturated heterocycles. The predicted molar refractivity (Wildman–Crippen MR) is 89.6 cm³/mol. The van der Waals surface area contributed by atoms with Gasteiger partial charge in [-0.25, -0.2) is 4.98 Å². The number of hydrogen-bond acceptors (Lipinski definition) is 3. The zero-order valence-corrected chi connectivity index (χ0v) is 13.9. The van der Waals surface area contributed by atoms with Crippen molar-refractivity contribution in [2.24, 2.45) is 5.41 Å². The van der Waals surface area contributed by atoms with Crippen LogP contribution in [-0.4, -0.2) is 10.9 Å². The monoisotopic (exact) mass is 302 g/mol. The molecule has 112 valence electrons. The van der Waals surface area contributed by atoms with Gasteiger partial charge in [0.25, 0.3) is 0 Å². The SMILES string of the molecule is CCc1sc(NC(=O)C(C)(C)CC)nc1-c1ccccc1. The minimum absolute atomic E-state index is 0.0287. The van der Waals surface area contributed by atoms with Crippen LogP contribution in [0.25, 0.3) is 11.3 Å². The molecule has 0 spiro atoms. The van der Waals surface area contributed by atoms with Crippen LogP contribution in [0.4, 0.5) is 5.13 Å². The Balaban J connectivity index is 2.28. The van der Waals surface area contributed by atoms with Crippen LogP contribution >= 0.6 is 11.3 Å². The summed E-state index contributed by atoms with van der Waals surface area (Å²) < 4.78 is 0. The van der Waals surface area contributed by atoms with Crippen LogP contribution in [0.2, 0.25) is 0 Å². The van der Waals surface area contributed by atoms with E-state index in [1.165, 1.54) is 4.88 Å². The zero-order valence-electron chi connectivity index (χ0n) is 13.1. The minimum Gasteiger partial charge on any atom is -0.301 e. The lowest BCUT2D eigenvalue weighted by Crippen LogP contribution is -2.29. The van der Waals surface area contributed by atoms with Gasteiger partial charge < -0.3 is 5.32 Å². The highest BCUT2D eigenvalue weighted by Gasteiger charge is 2.26. The summed E-state index contributed by atoms with van der Waals surface area (Å²) in [7, 11) is 0. The van der Waals surface area contributed by atoms with Gasteiger partial charge in [0.1, 0.15) is 0 Å². The van der Waals surface area contributed by atoms with Gasteiger partial charge in [-0.15, -0.1) is 11.3 Å². The van der Waals surface area contributed by atoms with Crippen molar-refractivity contribution in [2.45, 2.75) is 40.5 Å². The maximum atomic E-state index is 12.3. The normalized spacial score (nSPS) is 11.4. The van der Waals surface area contributed by atoms with Gasteiger partial charge in [-0.2, -0.15) is 0 Å². The number of benzene rings is 1. The molecule has 3 nitrogen and oxygen atoms in total. The van der Waals surface area contributed by atoms with Crippen LogP contribution in [0.15, 0.2) is 30.3 Å². The molecule has 1 aromatic carbocycles.